The second-order valence-corrected chi connectivity index (χ2v) is 5.08. The molecule has 0 bridgehead atoms. The molecule has 0 unspecified atom stereocenters. The normalized spacial score (nSPS) is 10.8. The van der Waals surface area contributed by atoms with E-state index >= 15 is 0 Å². The number of rotatable bonds is 3. The van der Waals surface area contributed by atoms with E-state index in [0.717, 1.165) is 5.56 Å². The fraction of sp³-hybridized carbons (Fsp3) is 0.118. The average Bonchev–Trinajstić information content (AvgIpc) is 2.84. The summed E-state index contributed by atoms with van der Waals surface area (Å²) in [4.78, 5) is 0. The molecule has 0 fully saturated rings. The largest absolute Gasteiger partial charge is 0.396 e. The summed E-state index contributed by atoms with van der Waals surface area (Å²) in [6.07, 6.45) is 1.78. The summed E-state index contributed by atoms with van der Waals surface area (Å²) in [6, 6.07) is 15.1. The van der Waals surface area contributed by atoms with Crippen LogP contribution >= 0.6 is 0 Å². The molecule has 0 radical (unpaired) electrons. The molecule has 0 spiro atoms. The van der Waals surface area contributed by atoms with E-state index in [0.29, 0.717) is 29.1 Å². The Bertz CT molecular complexity index is 763. The molecule has 4 heteroatoms. The van der Waals surface area contributed by atoms with E-state index in [-0.39, 0.29) is 5.82 Å². The van der Waals surface area contributed by atoms with E-state index in [1.807, 2.05) is 36.4 Å². The van der Waals surface area contributed by atoms with Gasteiger partial charge in [-0.15, -0.1) is 0 Å². The lowest BCUT2D eigenvalue weighted by atomic mass is 10.1. The van der Waals surface area contributed by atoms with Gasteiger partial charge in [0.05, 0.1) is 12.2 Å². The Balaban J connectivity index is 1.92. The van der Waals surface area contributed by atoms with Crippen molar-refractivity contribution in [3.05, 3.63) is 71.7 Å². The van der Waals surface area contributed by atoms with Gasteiger partial charge in [0, 0.05) is 11.8 Å². The first kappa shape index (κ1) is 13.4. The number of nitrogens with zero attached hydrogens (tertiary/aromatic N) is 2. The molecule has 3 nitrogen and oxygen atoms in total. The Hall–Kier alpha value is -2.62. The topological polar surface area (TPSA) is 43.8 Å². The highest BCUT2D eigenvalue weighted by Gasteiger charge is 2.10. The van der Waals surface area contributed by atoms with Crippen LogP contribution in [0.5, 0.6) is 0 Å². The van der Waals surface area contributed by atoms with Crippen molar-refractivity contribution in [3.63, 3.8) is 0 Å². The van der Waals surface area contributed by atoms with Crippen LogP contribution in [0.4, 0.5) is 10.1 Å². The van der Waals surface area contributed by atoms with Gasteiger partial charge >= 0.3 is 0 Å². The lowest BCUT2D eigenvalue weighted by Crippen LogP contribution is -2.00. The number of halogens is 1. The molecule has 0 aliphatic heterocycles. The van der Waals surface area contributed by atoms with E-state index in [9.17, 15) is 4.39 Å². The van der Waals surface area contributed by atoms with Gasteiger partial charge in [0.2, 0.25) is 0 Å². The SMILES string of the molecule is Cc1ccc(-c2nn(Cc3ccccc3)cc2N)cc1F. The quantitative estimate of drug-likeness (QED) is 0.796. The standard InChI is InChI=1S/C17H16FN3/c1-12-7-8-14(9-15(12)18)17-16(19)11-21(20-17)10-13-5-3-2-4-6-13/h2-9,11H,10,19H2,1H3. The molecule has 3 aromatic rings. The van der Waals surface area contributed by atoms with Gasteiger partial charge in [-0.1, -0.05) is 42.5 Å². The molecule has 2 aromatic carbocycles. The molecule has 0 aliphatic carbocycles. The number of anilines is 1. The summed E-state index contributed by atoms with van der Waals surface area (Å²) in [5.74, 6) is -0.246. The van der Waals surface area contributed by atoms with Gasteiger partial charge in [-0.2, -0.15) is 5.10 Å². The van der Waals surface area contributed by atoms with E-state index in [1.54, 1.807) is 23.9 Å². The maximum atomic E-state index is 13.7. The van der Waals surface area contributed by atoms with Gasteiger partial charge in [0.25, 0.3) is 0 Å². The van der Waals surface area contributed by atoms with Crippen LogP contribution in [0.1, 0.15) is 11.1 Å². The van der Waals surface area contributed by atoms with Crippen LogP contribution in [-0.4, -0.2) is 9.78 Å². The van der Waals surface area contributed by atoms with E-state index < -0.39 is 0 Å². The van der Waals surface area contributed by atoms with Crippen LogP contribution in [-0.2, 0) is 6.54 Å². The number of nitrogen functional groups attached to an aromatic ring is 1. The maximum Gasteiger partial charge on any atom is 0.126 e. The number of benzene rings is 2. The first-order valence-corrected chi connectivity index (χ1v) is 6.77. The van der Waals surface area contributed by atoms with E-state index in [4.69, 9.17) is 5.73 Å². The molecule has 21 heavy (non-hydrogen) atoms. The second-order valence-electron chi connectivity index (χ2n) is 5.08. The van der Waals surface area contributed by atoms with Crippen LogP contribution in [0.2, 0.25) is 0 Å². The lowest BCUT2D eigenvalue weighted by Gasteiger charge is -2.02. The van der Waals surface area contributed by atoms with Crippen LogP contribution in [0, 0.1) is 12.7 Å². The fourth-order valence-corrected chi connectivity index (χ4v) is 2.25. The van der Waals surface area contributed by atoms with Gasteiger partial charge in [-0.05, 0) is 24.1 Å². The zero-order valence-corrected chi connectivity index (χ0v) is 11.8. The monoisotopic (exact) mass is 281 g/mol. The summed E-state index contributed by atoms with van der Waals surface area (Å²) in [5.41, 5.74) is 9.62. The highest BCUT2D eigenvalue weighted by atomic mass is 19.1. The van der Waals surface area contributed by atoms with Crippen LogP contribution in [0.15, 0.2) is 54.7 Å². The fourth-order valence-electron chi connectivity index (χ4n) is 2.25. The average molecular weight is 281 g/mol. The lowest BCUT2D eigenvalue weighted by molar-refractivity contribution is 0.619. The van der Waals surface area contributed by atoms with Crippen molar-refractivity contribution < 1.29 is 4.39 Å². The Morgan fingerprint density at radius 3 is 2.62 bits per heavy atom. The van der Waals surface area contributed by atoms with Crippen molar-refractivity contribution in [1.29, 1.82) is 0 Å². The van der Waals surface area contributed by atoms with Crippen molar-refractivity contribution in [3.8, 4) is 11.3 Å². The molecule has 0 saturated carbocycles. The predicted molar refractivity (Wildman–Crippen MR) is 82.3 cm³/mol. The van der Waals surface area contributed by atoms with E-state index in [1.165, 1.54) is 6.07 Å². The van der Waals surface area contributed by atoms with Gasteiger partial charge in [-0.3, -0.25) is 4.68 Å². The number of hydrogen-bond donors (Lipinski definition) is 1. The smallest absolute Gasteiger partial charge is 0.126 e. The minimum atomic E-state index is -0.246. The first-order chi connectivity index (χ1) is 10.1. The summed E-state index contributed by atoms with van der Waals surface area (Å²) in [6.45, 7) is 2.37. The van der Waals surface area contributed by atoms with Gasteiger partial charge in [0.1, 0.15) is 11.5 Å². The molecule has 106 valence electrons. The van der Waals surface area contributed by atoms with Gasteiger partial charge in [0.15, 0.2) is 0 Å². The number of aromatic nitrogens is 2. The summed E-state index contributed by atoms with van der Waals surface area (Å²) >= 11 is 0. The van der Waals surface area contributed by atoms with Crippen molar-refractivity contribution in [2.45, 2.75) is 13.5 Å². The summed E-state index contributed by atoms with van der Waals surface area (Å²) in [7, 11) is 0. The molecule has 2 N–H and O–H groups in total. The zero-order chi connectivity index (χ0) is 14.8. The summed E-state index contributed by atoms with van der Waals surface area (Å²) < 4.78 is 15.5. The third-order valence-corrected chi connectivity index (χ3v) is 3.42. The van der Waals surface area contributed by atoms with Crippen LogP contribution in [0.25, 0.3) is 11.3 Å². The van der Waals surface area contributed by atoms with Crippen molar-refractivity contribution in [2.24, 2.45) is 0 Å². The minimum absolute atomic E-state index is 0.246. The molecule has 0 amide bonds. The van der Waals surface area contributed by atoms with Crippen molar-refractivity contribution in [1.82, 2.24) is 9.78 Å². The molecule has 1 aromatic heterocycles. The first-order valence-electron chi connectivity index (χ1n) is 6.77. The van der Waals surface area contributed by atoms with Crippen molar-refractivity contribution >= 4 is 5.69 Å². The highest BCUT2D eigenvalue weighted by molar-refractivity contribution is 5.72. The molecular weight excluding hydrogens is 265 g/mol. The third-order valence-electron chi connectivity index (χ3n) is 3.42. The molecule has 0 aliphatic rings. The number of aryl methyl sites for hydroxylation is 1. The summed E-state index contributed by atoms with van der Waals surface area (Å²) in [5, 5.41) is 4.47. The zero-order valence-electron chi connectivity index (χ0n) is 11.8. The third kappa shape index (κ3) is 2.79. The number of hydrogen-bond acceptors (Lipinski definition) is 2. The Morgan fingerprint density at radius 2 is 1.90 bits per heavy atom. The van der Waals surface area contributed by atoms with Gasteiger partial charge in [-0.25, -0.2) is 4.39 Å². The van der Waals surface area contributed by atoms with Gasteiger partial charge < -0.3 is 5.73 Å². The predicted octanol–water partition coefficient (Wildman–Crippen LogP) is 3.63. The molecule has 3 rings (SSSR count). The molecular formula is C17H16FN3. The van der Waals surface area contributed by atoms with Crippen molar-refractivity contribution in [2.75, 3.05) is 5.73 Å². The Kier molecular flexibility index (Phi) is 3.44. The minimum Gasteiger partial charge on any atom is -0.396 e. The molecule has 1 heterocycles. The maximum absolute atomic E-state index is 13.7. The highest BCUT2D eigenvalue weighted by Crippen LogP contribution is 2.25. The Labute approximate surface area is 122 Å². The van der Waals surface area contributed by atoms with E-state index in [2.05, 4.69) is 5.10 Å². The Morgan fingerprint density at radius 1 is 1.14 bits per heavy atom. The molecule has 0 saturated heterocycles. The van der Waals surface area contributed by atoms with Crippen LogP contribution in [0.3, 0.4) is 0 Å². The molecule has 0 atom stereocenters. The number of nitrogens with two attached hydrogens (primary N) is 1. The second kappa shape index (κ2) is 5.40. The van der Waals surface area contributed by atoms with Crippen LogP contribution < -0.4 is 5.73 Å².